The van der Waals surface area contributed by atoms with Crippen LogP contribution in [0, 0.1) is 6.92 Å². The third-order valence-electron chi connectivity index (χ3n) is 4.00. The molecule has 1 aliphatic heterocycles. The minimum Gasteiger partial charge on any atom is -0.323 e. The molecule has 0 spiro atoms. The van der Waals surface area contributed by atoms with Crippen molar-refractivity contribution < 1.29 is 4.79 Å². The topological polar surface area (TPSA) is 70.4 Å². The van der Waals surface area contributed by atoms with Gasteiger partial charge in [0.2, 0.25) is 0 Å². The average Bonchev–Trinajstić information content (AvgIpc) is 2.42. The van der Waals surface area contributed by atoms with Gasteiger partial charge in [-0.25, -0.2) is 5.01 Å². The van der Waals surface area contributed by atoms with Gasteiger partial charge in [-0.3, -0.25) is 16.1 Å². The molecule has 2 rings (SSSR count). The molecular weight excluding hydrogens is 252 g/mol. The van der Waals surface area contributed by atoms with Crippen LogP contribution in [0.15, 0.2) is 18.2 Å². The predicted molar refractivity (Wildman–Crippen MR) is 81.1 cm³/mol. The Balaban J connectivity index is 2.15. The van der Waals surface area contributed by atoms with Crippen LogP contribution in [0.5, 0.6) is 0 Å². The number of hydrogen-bond acceptors (Lipinski definition) is 4. The molecule has 0 aliphatic carbocycles. The number of carbonyl (C=O) groups is 1. The van der Waals surface area contributed by atoms with E-state index in [1.165, 1.54) is 6.42 Å². The molecule has 0 radical (unpaired) electrons. The van der Waals surface area contributed by atoms with Crippen LogP contribution in [-0.4, -0.2) is 23.0 Å². The highest BCUT2D eigenvalue weighted by Crippen LogP contribution is 2.22. The molecule has 0 saturated carbocycles. The Morgan fingerprint density at radius 2 is 1.95 bits per heavy atom. The monoisotopic (exact) mass is 276 g/mol. The molecular formula is C15H24N4O. The average molecular weight is 276 g/mol. The summed E-state index contributed by atoms with van der Waals surface area (Å²) in [6, 6.07) is 6.32. The van der Waals surface area contributed by atoms with E-state index in [4.69, 9.17) is 5.84 Å². The highest BCUT2D eigenvalue weighted by molar-refractivity contribution is 5.99. The van der Waals surface area contributed by atoms with Gasteiger partial charge in [-0.05, 0) is 51.3 Å². The lowest BCUT2D eigenvalue weighted by Crippen LogP contribution is -2.54. The summed E-state index contributed by atoms with van der Waals surface area (Å²) in [5.41, 5.74) is 7.91. The SMILES string of the molecule is Cc1ccc(C(=O)NN2C(C)CCCC2C)c(NN)c1. The third kappa shape index (κ3) is 3.11. The molecule has 2 atom stereocenters. The Hall–Kier alpha value is -1.59. The number of piperidine rings is 1. The Morgan fingerprint density at radius 1 is 1.30 bits per heavy atom. The number of carbonyl (C=O) groups excluding carboxylic acids is 1. The van der Waals surface area contributed by atoms with Crippen molar-refractivity contribution in [1.82, 2.24) is 10.4 Å². The van der Waals surface area contributed by atoms with E-state index in [0.717, 1.165) is 18.4 Å². The Kier molecular flexibility index (Phi) is 4.62. The number of aryl methyl sites for hydroxylation is 1. The summed E-state index contributed by atoms with van der Waals surface area (Å²) in [7, 11) is 0. The van der Waals surface area contributed by atoms with Crippen LogP contribution in [-0.2, 0) is 0 Å². The number of rotatable bonds is 3. The molecule has 1 aromatic rings. The van der Waals surface area contributed by atoms with Crippen LogP contribution < -0.4 is 16.7 Å². The zero-order chi connectivity index (χ0) is 14.7. The van der Waals surface area contributed by atoms with E-state index < -0.39 is 0 Å². The van der Waals surface area contributed by atoms with E-state index in [-0.39, 0.29) is 5.91 Å². The standard InChI is InChI=1S/C15H24N4O/c1-10-7-8-13(14(9-10)17-16)15(20)18-19-11(2)5-4-6-12(19)3/h7-9,11-12,17H,4-6,16H2,1-3H3,(H,18,20). The minimum atomic E-state index is -0.112. The zero-order valence-electron chi connectivity index (χ0n) is 12.4. The molecule has 0 aromatic heterocycles. The smallest absolute Gasteiger partial charge is 0.267 e. The van der Waals surface area contributed by atoms with Gasteiger partial charge >= 0.3 is 0 Å². The molecule has 2 unspecified atom stereocenters. The second-order valence-electron chi connectivity index (χ2n) is 5.67. The van der Waals surface area contributed by atoms with Gasteiger partial charge in [-0.2, -0.15) is 0 Å². The maximum Gasteiger partial charge on any atom is 0.267 e. The molecule has 0 bridgehead atoms. The van der Waals surface area contributed by atoms with Crippen molar-refractivity contribution in [3.63, 3.8) is 0 Å². The largest absolute Gasteiger partial charge is 0.323 e. The van der Waals surface area contributed by atoms with E-state index in [1.54, 1.807) is 6.07 Å². The number of amides is 1. The fourth-order valence-corrected chi connectivity index (χ4v) is 2.79. The highest BCUT2D eigenvalue weighted by Gasteiger charge is 2.26. The second-order valence-corrected chi connectivity index (χ2v) is 5.67. The molecule has 1 aliphatic rings. The van der Waals surface area contributed by atoms with E-state index in [0.29, 0.717) is 23.3 Å². The van der Waals surface area contributed by atoms with Crippen molar-refractivity contribution >= 4 is 11.6 Å². The number of hydrogen-bond donors (Lipinski definition) is 3. The van der Waals surface area contributed by atoms with Gasteiger partial charge in [0.25, 0.3) is 5.91 Å². The summed E-state index contributed by atoms with van der Waals surface area (Å²) in [4.78, 5) is 12.4. The van der Waals surface area contributed by atoms with Crippen molar-refractivity contribution in [3.8, 4) is 0 Å². The van der Waals surface area contributed by atoms with E-state index in [1.807, 2.05) is 19.1 Å². The summed E-state index contributed by atoms with van der Waals surface area (Å²) in [5, 5.41) is 2.06. The van der Waals surface area contributed by atoms with Gasteiger partial charge < -0.3 is 5.43 Å². The normalized spacial score (nSPS) is 23.4. The minimum absolute atomic E-state index is 0.112. The Morgan fingerprint density at radius 3 is 2.55 bits per heavy atom. The van der Waals surface area contributed by atoms with Crippen molar-refractivity contribution in [3.05, 3.63) is 29.3 Å². The van der Waals surface area contributed by atoms with Gasteiger partial charge in [0.15, 0.2) is 0 Å². The molecule has 110 valence electrons. The molecule has 1 heterocycles. The third-order valence-corrected chi connectivity index (χ3v) is 4.00. The summed E-state index contributed by atoms with van der Waals surface area (Å²) >= 11 is 0. The lowest BCUT2D eigenvalue weighted by molar-refractivity contribution is 0.0370. The second kappa shape index (κ2) is 6.24. The number of nitrogen functional groups attached to an aromatic ring is 1. The lowest BCUT2D eigenvalue weighted by Gasteiger charge is -2.38. The van der Waals surface area contributed by atoms with Crippen molar-refractivity contribution in [2.45, 2.75) is 52.1 Å². The van der Waals surface area contributed by atoms with Gasteiger partial charge in [0.05, 0.1) is 11.3 Å². The van der Waals surface area contributed by atoms with Gasteiger partial charge in [-0.1, -0.05) is 12.5 Å². The first-order valence-electron chi connectivity index (χ1n) is 7.19. The fraction of sp³-hybridized carbons (Fsp3) is 0.533. The number of nitrogens with zero attached hydrogens (tertiary/aromatic N) is 1. The highest BCUT2D eigenvalue weighted by atomic mass is 16.2. The first-order valence-corrected chi connectivity index (χ1v) is 7.19. The quantitative estimate of drug-likeness (QED) is 0.584. The first kappa shape index (κ1) is 14.8. The van der Waals surface area contributed by atoms with E-state index in [9.17, 15) is 4.79 Å². The molecule has 1 amide bonds. The van der Waals surface area contributed by atoms with E-state index in [2.05, 4.69) is 29.7 Å². The molecule has 1 aromatic carbocycles. The first-order chi connectivity index (χ1) is 9.52. The van der Waals surface area contributed by atoms with Crippen molar-refractivity contribution in [2.75, 3.05) is 5.43 Å². The van der Waals surface area contributed by atoms with Crippen LogP contribution in [0.4, 0.5) is 5.69 Å². The van der Waals surface area contributed by atoms with Crippen LogP contribution in [0.2, 0.25) is 0 Å². The molecule has 1 saturated heterocycles. The van der Waals surface area contributed by atoms with Gasteiger partial charge in [0.1, 0.15) is 0 Å². The lowest BCUT2D eigenvalue weighted by atomic mass is 10.00. The van der Waals surface area contributed by atoms with Crippen LogP contribution in [0.25, 0.3) is 0 Å². The number of nitrogens with one attached hydrogen (secondary N) is 2. The van der Waals surface area contributed by atoms with Crippen LogP contribution >= 0.6 is 0 Å². The Bertz CT molecular complexity index is 479. The predicted octanol–water partition coefficient (Wildman–Crippen LogP) is 2.19. The number of anilines is 1. The van der Waals surface area contributed by atoms with Crippen molar-refractivity contribution in [2.24, 2.45) is 5.84 Å². The summed E-state index contributed by atoms with van der Waals surface area (Å²) < 4.78 is 0. The summed E-state index contributed by atoms with van der Waals surface area (Å²) in [5.74, 6) is 5.39. The van der Waals surface area contributed by atoms with Gasteiger partial charge in [-0.15, -0.1) is 0 Å². The maximum atomic E-state index is 12.4. The number of hydrazine groups is 2. The fourth-order valence-electron chi connectivity index (χ4n) is 2.79. The molecule has 4 N–H and O–H groups in total. The van der Waals surface area contributed by atoms with E-state index >= 15 is 0 Å². The molecule has 5 heteroatoms. The Labute approximate surface area is 120 Å². The van der Waals surface area contributed by atoms with Crippen LogP contribution in [0.1, 0.15) is 49.0 Å². The molecule has 20 heavy (non-hydrogen) atoms. The zero-order valence-corrected chi connectivity index (χ0v) is 12.4. The van der Waals surface area contributed by atoms with Gasteiger partial charge in [0, 0.05) is 12.1 Å². The van der Waals surface area contributed by atoms with Crippen LogP contribution in [0.3, 0.4) is 0 Å². The molecule has 5 nitrogen and oxygen atoms in total. The summed E-state index contributed by atoms with van der Waals surface area (Å²) in [6.07, 6.45) is 3.44. The molecule has 1 fully saturated rings. The number of benzene rings is 1. The summed E-state index contributed by atoms with van der Waals surface area (Å²) in [6.45, 7) is 6.26. The van der Waals surface area contributed by atoms with Crippen molar-refractivity contribution in [1.29, 1.82) is 0 Å². The maximum absolute atomic E-state index is 12.4. The number of nitrogens with two attached hydrogens (primary N) is 1.